The van der Waals surface area contributed by atoms with Gasteiger partial charge in [-0.3, -0.25) is 0 Å². The molecule has 1 N–H and O–H groups in total. The van der Waals surface area contributed by atoms with Crippen LogP contribution in [0.4, 0.5) is 4.39 Å². The monoisotopic (exact) mass is 421 g/mol. The molecule has 0 fully saturated rings. The topological polar surface area (TPSA) is 30.5 Å². The number of methoxy groups -OCH3 is 1. The summed E-state index contributed by atoms with van der Waals surface area (Å²) in [5.74, 6) is 1.24. The number of hydrogen-bond acceptors (Lipinski definition) is 3. The smallest absolute Gasteiger partial charge is 0.129 e. The van der Waals surface area contributed by atoms with Gasteiger partial charge in [0.05, 0.1) is 7.11 Å². The third kappa shape index (κ3) is 6.13. The molecule has 3 aromatic carbocycles. The van der Waals surface area contributed by atoms with Gasteiger partial charge in [-0.25, -0.2) is 4.39 Å². The van der Waals surface area contributed by atoms with Crippen molar-refractivity contribution >= 4 is 24.0 Å². The van der Waals surface area contributed by atoms with E-state index in [4.69, 9.17) is 21.1 Å². The van der Waals surface area contributed by atoms with Crippen LogP contribution in [-0.2, 0) is 19.7 Å². The van der Waals surface area contributed by atoms with Crippen molar-refractivity contribution in [2.45, 2.75) is 19.7 Å². The maximum Gasteiger partial charge on any atom is 0.129 e. The maximum absolute atomic E-state index is 13.8. The molecule has 0 radical (unpaired) electrons. The number of ether oxygens (including phenoxy) is 2. The van der Waals surface area contributed by atoms with E-state index in [-0.39, 0.29) is 24.8 Å². The van der Waals surface area contributed by atoms with Crippen LogP contribution >= 0.6 is 24.0 Å². The van der Waals surface area contributed by atoms with Crippen molar-refractivity contribution in [2.24, 2.45) is 0 Å². The Balaban J connectivity index is 0.00000280. The Morgan fingerprint density at radius 3 is 2.39 bits per heavy atom. The Labute approximate surface area is 175 Å². The average Bonchev–Trinajstić information content (AvgIpc) is 2.69. The zero-order valence-electron chi connectivity index (χ0n) is 15.5. The zero-order chi connectivity index (χ0) is 19.1. The fourth-order valence-corrected chi connectivity index (χ4v) is 2.88. The summed E-state index contributed by atoms with van der Waals surface area (Å²) in [6.45, 7) is 1.45. The summed E-state index contributed by atoms with van der Waals surface area (Å²) in [6.07, 6.45) is 0. The van der Waals surface area contributed by atoms with E-state index < -0.39 is 0 Å². The van der Waals surface area contributed by atoms with Gasteiger partial charge in [0, 0.05) is 29.2 Å². The summed E-state index contributed by atoms with van der Waals surface area (Å²) in [7, 11) is 1.65. The van der Waals surface area contributed by atoms with Gasteiger partial charge < -0.3 is 14.8 Å². The Kier molecular flexibility index (Phi) is 8.58. The van der Waals surface area contributed by atoms with E-state index in [0.29, 0.717) is 29.4 Å². The van der Waals surface area contributed by atoms with E-state index in [2.05, 4.69) is 5.32 Å². The molecule has 0 aliphatic carbocycles. The average molecular weight is 422 g/mol. The summed E-state index contributed by atoms with van der Waals surface area (Å²) >= 11 is 6.13. The van der Waals surface area contributed by atoms with Gasteiger partial charge in [0.25, 0.3) is 0 Å². The van der Waals surface area contributed by atoms with Crippen LogP contribution in [-0.4, -0.2) is 7.11 Å². The van der Waals surface area contributed by atoms with Crippen molar-refractivity contribution in [1.82, 2.24) is 5.32 Å². The Bertz CT molecular complexity index is 888. The first-order valence-electron chi connectivity index (χ1n) is 8.64. The quantitative estimate of drug-likeness (QED) is 0.499. The molecule has 0 saturated heterocycles. The summed E-state index contributed by atoms with van der Waals surface area (Å²) in [6, 6.07) is 19.9. The molecule has 0 aliphatic heterocycles. The standard InChI is InChI=1S/C22H21ClFNO2.ClH/c1-26-20-9-6-16(7-10-20)13-25-14-18-12-19(23)8-11-22(18)27-15-17-4-2-3-5-21(17)24;/h2-12,25H,13-15H2,1H3;1H. The summed E-state index contributed by atoms with van der Waals surface area (Å²) in [5, 5.41) is 4.01. The highest BCUT2D eigenvalue weighted by Crippen LogP contribution is 2.24. The Morgan fingerprint density at radius 2 is 1.68 bits per heavy atom. The molecule has 0 bridgehead atoms. The molecule has 0 aromatic heterocycles. The van der Waals surface area contributed by atoms with Gasteiger partial charge in [-0.15, -0.1) is 12.4 Å². The van der Waals surface area contributed by atoms with Crippen molar-refractivity contribution in [1.29, 1.82) is 0 Å². The molecule has 3 rings (SSSR count). The maximum atomic E-state index is 13.8. The van der Waals surface area contributed by atoms with Crippen LogP contribution in [0, 0.1) is 5.82 Å². The molecule has 148 valence electrons. The van der Waals surface area contributed by atoms with Crippen LogP contribution in [0.15, 0.2) is 66.7 Å². The van der Waals surface area contributed by atoms with Crippen molar-refractivity contribution in [2.75, 3.05) is 7.11 Å². The molecule has 0 aliphatic rings. The fourth-order valence-electron chi connectivity index (χ4n) is 2.68. The lowest BCUT2D eigenvalue weighted by molar-refractivity contribution is 0.296. The molecule has 28 heavy (non-hydrogen) atoms. The highest BCUT2D eigenvalue weighted by molar-refractivity contribution is 6.30. The van der Waals surface area contributed by atoms with Gasteiger partial charge in [0.2, 0.25) is 0 Å². The van der Waals surface area contributed by atoms with Crippen LogP contribution in [0.2, 0.25) is 5.02 Å². The molecular weight excluding hydrogens is 400 g/mol. The zero-order valence-corrected chi connectivity index (χ0v) is 17.0. The van der Waals surface area contributed by atoms with Crippen molar-refractivity contribution in [3.05, 3.63) is 94.3 Å². The first kappa shape index (κ1) is 22.0. The molecule has 0 unspecified atom stereocenters. The van der Waals surface area contributed by atoms with Gasteiger partial charge in [-0.05, 0) is 42.0 Å². The van der Waals surface area contributed by atoms with Crippen molar-refractivity contribution in [3.63, 3.8) is 0 Å². The number of rotatable bonds is 8. The lowest BCUT2D eigenvalue weighted by Gasteiger charge is -2.13. The molecular formula is C22H22Cl2FNO2. The lowest BCUT2D eigenvalue weighted by Crippen LogP contribution is -2.13. The molecule has 0 atom stereocenters. The molecule has 6 heteroatoms. The van der Waals surface area contributed by atoms with E-state index in [1.165, 1.54) is 6.07 Å². The van der Waals surface area contributed by atoms with Crippen molar-refractivity contribution < 1.29 is 13.9 Å². The van der Waals surface area contributed by atoms with Crippen LogP contribution in [0.3, 0.4) is 0 Å². The highest BCUT2D eigenvalue weighted by atomic mass is 35.5. The second-order valence-corrected chi connectivity index (χ2v) is 6.52. The normalized spacial score (nSPS) is 10.2. The number of nitrogens with one attached hydrogen (secondary N) is 1. The third-order valence-corrected chi connectivity index (χ3v) is 4.40. The summed E-state index contributed by atoms with van der Waals surface area (Å²) < 4.78 is 24.8. The largest absolute Gasteiger partial charge is 0.497 e. The van der Waals surface area contributed by atoms with Gasteiger partial charge in [-0.1, -0.05) is 41.9 Å². The van der Waals surface area contributed by atoms with Crippen LogP contribution < -0.4 is 14.8 Å². The minimum Gasteiger partial charge on any atom is -0.497 e. The minimum atomic E-state index is -0.273. The second-order valence-electron chi connectivity index (χ2n) is 6.08. The van der Waals surface area contributed by atoms with Crippen LogP contribution in [0.1, 0.15) is 16.7 Å². The number of benzene rings is 3. The third-order valence-electron chi connectivity index (χ3n) is 4.17. The van der Waals surface area contributed by atoms with Gasteiger partial charge in [0.15, 0.2) is 0 Å². The van der Waals surface area contributed by atoms with Crippen LogP contribution in [0.25, 0.3) is 0 Å². The van der Waals surface area contributed by atoms with E-state index in [1.807, 2.05) is 36.4 Å². The SMILES string of the molecule is COc1ccc(CNCc2cc(Cl)ccc2OCc2ccccc2F)cc1.Cl. The van der Waals surface area contributed by atoms with E-state index in [0.717, 1.165) is 16.9 Å². The van der Waals surface area contributed by atoms with Gasteiger partial charge in [-0.2, -0.15) is 0 Å². The molecule has 0 amide bonds. The molecule has 0 spiro atoms. The fraction of sp³-hybridized carbons (Fsp3) is 0.182. The Morgan fingerprint density at radius 1 is 0.929 bits per heavy atom. The number of halogens is 3. The van der Waals surface area contributed by atoms with E-state index in [1.54, 1.807) is 31.4 Å². The predicted octanol–water partition coefficient (Wildman–Crippen LogP) is 5.78. The molecule has 3 nitrogen and oxygen atoms in total. The van der Waals surface area contributed by atoms with Crippen LogP contribution in [0.5, 0.6) is 11.5 Å². The first-order chi connectivity index (χ1) is 13.2. The summed E-state index contributed by atoms with van der Waals surface area (Å²) in [5.41, 5.74) is 2.59. The summed E-state index contributed by atoms with van der Waals surface area (Å²) in [4.78, 5) is 0. The first-order valence-corrected chi connectivity index (χ1v) is 9.02. The van der Waals surface area contributed by atoms with Crippen molar-refractivity contribution in [3.8, 4) is 11.5 Å². The highest BCUT2D eigenvalue weighted by Gasteiger charge is 2.07. The molecule has 3 aromatic rings. The van der Waals surface area contributed by atoms with E-state index >= 15 is 0 Å². The number of hydrogen-bond donors (Lipinski definition) is 1. The van der Waals surface area contributed by atoms with Gasteiger partial charge in [0.1, 0.15) is 23.9 Å². The second kappa shape index (κ2) is 10.9. The van der Waals surface area contributed by atoms with E-state index in [9.17, 15) is 4.39 Å². The Hall–Kier alpha value is -2.27. The minimum absolute atomic E-state index is 0. The van der Waals surface area contributed by atoms with Gasteiger partial charge >= 0.3 is 0 Å². The molecule has 0 heterocycles. The molecule has 0 saturated carbocycles. The lowest BCUT2D eigenvalue weighted by atomic mass is 10.1. The predicted molar refractivity (Wildman–Crippen MR) is 113 cm³/mol.